The van der Waals surface area contributed by atoms with Crippen molar-refractivity contribution in [1.29, 1.82) is 0 Å². The minimum atomic E-state index is 0.213. The fourth-order valence-electron chi connectivity index (χ4n) is 1.24. The molecule has 0 saturated heterocycles. The first-order chi connectivity index (χ1) is 8.10. The Morgan fingerprint density at radius 3 is 2.88 bits per heavy atom. The van der Waals surface area contributed by atoms with Crippen molar-refractivity contribution in [2.24, 2.45) is 5.73 Å². The minimum absolute atomic E-state index is 0.213. The molecule has 0 spiro atoms. The molecule has 5 nitrogen and oxygen atoms in total. The molecule has 0 amide bonds. The minimum Gasteiger partial charge on any atom is -0.406 e. The highest BCUT2D eigenvalue weighted by Crippen LogP contribution is 2.30. The summed E-state index contributed by atoms with van der Waals surface area (Å²) in [6.45, 7) is 2.14. The summed E-state index contributed by atoms with van der Waals surface area (Å²) in [5, 5.41) is 11.2. The lowest BCUT2D eigenvalue weighted by Crippen LogP contribution is -1.95. The van der Waals surface area contributed by atoms with E-state index in [9.17, 15) is 0 Å². The fourth-order valence-corrected chi connectivity index (χ4v) is 1.96. The zero-order valence-corrected chi connectivity index (χ0v) is 11.3. The van der Waals surface area contributed by atoms with Crippen molar-refractivity contribution in [3.63, 3.8) is 0 Å². The van der Waals surface area contributed by atoms with E-state index in [4.69, 9.17) is 21.8 Å². The number of nitrogens with zero attached hydrogens (tertiary/aromatic N) is 2. The number of halogens is 2. The lowest BCUT2D eigenvalue weighted by atomic mass is 10.2. The number of rotatable bonds is 3. The molecule has 1 aromatic heterocycles. The zero-order valence-electron chi connectivity index (χ0n) is 9.00. The largest absolute Gasteiger partial charge is 0.406 e. The molecule has 7 heteroatoms. The lowest BCUT2D eigenvalue weighted by molar-refractivity contribution is 0.511. The molecule has 0 atom stereocenters. The predicted octanol–water partition coefficient (Wildman–Crippen LogP) is 3.00. The van der Waals surface area contributed by atoms with Crippen LogP contribution in [0.15, 0.2) is 21.0 Å². The highest BCUT2D eigenvalue weighted by molar-refractivity contribution is 9.10. The van der Waals surface area contributed by atoms with Crippen molar-refractivity contribution in [2.45, 2.75) is 13.5 Å². The van der Waals surface area contributed by atoms with Crippen LogP contribution in [0.1, 0.15) is 11.5 Å². The van der Waals surface area contributed by atoms with Gasteiger partial charge in [-0.25, -0.2) is 0 Å². The first kappa shape index (κ1) is 12.3. The second-order valence-electron chi connectivity index (χ2n) is 3.41. The molecule has 0 unspecified atom stereocenters. The summed E-state index contributed by atoms with van der Waals surface area (Å²) in [6.07, 6.45) is 0. The monoisotopic (exact) mass is 316 g/mol. The van der Waals surface area contributed by atoms with E-state index < -0.39 is 0 Å². The lowest BCUT2D eigenvalue weighted by Gasteiger charge is -2.06. The summed E-state index contributed by atoms with van der Waals surface area (Å²) in [5.41, 5.74) is 7.12. The van der Waals surface area contributed by atoms with Crippen molar-refractivity contribution in [2.75, 3.05) is 5.32 Å². The molecule has 0 radical (unpaired) electrons. The molecule has 0 fully saturated rings. The SMILES string of the molecule is Cc1cc(Br)c(Nc2nnc(CN)o2)cc1Cl. The van der Waals surface area contributed by atoms with Gasteiger partial charge in [0.1, 0.15) is 0 Å². The van der Waals surface area contributed by atoms with Crippen LogP contribution in [0.25, 0.3) is 0 Å². The van der Waals surface area contributed by atoms with E-state index in [0.29, 0.717) is 10.9 Å². The Hall–Kier alpha value is -1.11. The van der Waals surface area contributed by atoms with Crippen LogP contribution in [-0.2, 0) is 6.54 Å². The van der Waals surface area contributed by atoms with Gasteiger partial charge in [-0.2, -0.15) is 0 Å². The highest BCUT2D eigenvalue weighted by atomic mass is 79.9. The molecule has 90 valence electrons. The summed E-state index contributed by atoms with van der Waals surface area (Å²) < 4.78 is 6.11. The highest BCUT2D eigenvalue weighted by Gasteiger charge is 2.08. The summed E-state index contributed by atoms with van der Waals surface area (Å²) >= 11 is 9.46. The third kappa shape index (κ3) is 2.77. The Morgan fingerprint density at radius 1 is 1.47 bits per heavy atom. The molecule has 0 saturated carbocycles. The molecule has 17 heavy (non-hydrogen) atoms. The van der Waals surface area contributed by atoms with Gasteiger partial charge in [-0.3, -0.25) is 0 Å². The molecule has 0 aliphatic rings. The first-order valence-corrected chi connectivity index (χ1v) is 6.02. The van der Waals surface area contributed by atoms with Crippen LogP contribution >= 0.6 is 27.5 Å². The van der Waals surface area contributed by atoms with Gasteiger partial charge in [-0.1, -0.05) is 16.7 Å². The number of benzene rings is 1. The van der Waals surface area contributed by atoms with E-state index in [1.165, 1.54) is 0 Å². The maximum absolute atomic E-state index is 6.04. The second-order valence-corrected chi connectivity index (χ2v) is 4.67. The maximum Gasteiger partial charge on any atom is 0.320 e. The topological polar surface area (TPSA) is 77.0 Å². The van der Waals surface area contributed by atoms with Gasteiger partial charge in [0, 0.05) is 9.50 Å². The number of nitrogens with two attached hydrogens (primary N) is 1. The number of aromatic nitrogens is 2. The second kappa shape index (κ2) is 5.03. The van der Waals surface area contributed by atoms with E-state index in [1.54, 1.807) is 6.07 Å². The Kier molecular flexibility index (Phi) is 3.66. The van der Waals surface area contributed by atoms with Gasteiger partial charge in [-0.15, -0.1) is 5.10 Å². The van der Waals surface area contributed by atoms with E-state index in [0.717, 1.165) is 15.7 Å². The molecule has 3 N–H and O–H groups in total. The van der Waals surface area contributed by atoms with Crippen molar-refractivity contribution < 1.29 is 4.42 Å². The van der Waals surface area contributed by atoms with Crippen LogP contribution in [0.3, 0.4) is 0 Å². The zero-order chi connectivity index (χ0) is 12.4. The van der Waals surface area contributed by atoms with Gasteiger partial charge in [-0.05, 0) is 40.5 Å². The average molecular weight is 318 g/mol. The van der Waals surface area contributed by atoms with E-state index in [-0.39, 0.29) is 12.6 Å². The van der Waals surface area contributed by atoms with E-state index in [2.05, 4.69) is 31.4 Å². The summed E-state index contributed by atoms with van der Waals surface area (Å²) in [6, 6.07) is 3.98. The molecule has 0 aliphatic heterocycles. The van der Waals surface area contributed by atoms with Gasteiger partial charge in [0.15, 0.2) is 0 Å². The first-order valence-electron chi connectivity index (χ1n) is 4.85. The van der Waals surface area contributed by atoms with Gasteiger partial charge in [0.05, 0.1) is 12.2 Å². The van der Waals surface area contributed by atoms with Crippen LogP contribution in [0, 0.1) is 6.92 Å². The number of nitrogens with one attached hydrogen (secondary N) is 1. The summed E-state index contributed by atoms with van der Waals surface area (Å²) in [5.74, 6) is 0.377. The van der Waals surface area contributed by atoms with Crippen molar-refractivity contribution in [1.82, 2.24) is 10.2 Å². The molecule has 0 bridgehead atoms. The molecule has 2 aromatic rings. The van der Waals surface area contributed by atoms with E-state index >= 15 is 0 Å². The molecule has 1 aromatic carbocycles. The fraction of sp³-hybridized carbons (Fsp3) is 0.200. The number of hydrogen-bond acceptors (Lipinski definition) is 5. The average Bonchev–Trinajstić information content (AvgIpc) is 2.73. The van der Waals surface area contributed by atoms with Crippen LogP contribution in [-0.4, -0.2) is 10.2 Å². The van der Waals surface area contributed by atoms with Crippen LogP contribution in [0.4, 0.5) is 11.7 Å². The van der Waals surface area contributed by atoms with Gasteiger partial charge >= 0.3 is 6.01 Å². The molecular weight excluding hydrogens is 307 g/mol. The Morgan fingerprint density at radius 2 is 2.24 bits per heavy atom. The third-order valence-corrected chi connectivity index (χ3v) is 3.19. The number of aryl methyl sites for hydroxylation is 1. The maximum atomic E-state index is 6.04. The Bertz CT molecular complexity index is 543. The van der Waals surface area contributed by atoms with Crippen LogP contribution < -0.4 is 11.1 Å². The normalized spacial score (nSPS) is 10.6. The molecule has 1 heterocycles. The van der Waals surface area contributed by atoms with Gasteiger partial charge in [0.2, 0.25) is 5.89 Å². The van der Waals surface area contributed by atoms with Crippen LogP contribution in [0.2, 0.25) is 5.02 Å². The van der Waals surface area contributed by atoms with Crippen molar-refractivity contribution >= 4 is 39.2 Å². The molecule has 0 aliphatic carbocycles. The number of anilines is 2. The number of hydrogen-bond donors (Lipinski definition) is 2. The summed E-state index contributed by atoms with van der Waals surface area (Å²) in [4.78, 5) is 0. The molecular formula is C10H10BrClN4O. The smallest absolute Gasteiger partial charge is 0.320 e. The van der Waals surface area contributed by atoms with E-state index in [1.807, 2.05) is 13.0 Å². The quantitative estimate of drug-likeness (QED) is 0.910. The third-order valence-electron chi connectivity index (χ3n) is 2.13. The van der Waals surface area contributed by atoms with Gasteiger partial charge < -0.3 is 15.5 Å². The van der Waals surface area contributed by atoms with Crippen LogP contribution in [0.5, 0.6) is 0 Å². The van der Waals surface area contributed by atoms with Crippen molar-refractivity contribution in [3.05, 3.63) is 33.1 Å². The van der Waals surface area contributed by atoms with Gasteiger partial charge in [0.25, 0.3) is 0 Å². The standard InChI is InChI=1S/C10H10BrClN4O/c1-5-2-6(11)8(3-7(5)12)14-10-16-15-9(4-13)17-10/h2-3H,4,13H2,1H3,(H,14,16). The predicted molar refractivity (Wildman–Crippen MR) is 69.4 cm³/mol. The molecule has 2 rings (SSSR count). The van der Waals surface area contributed by atoms with Crippen molar-refractivity contribution in [3.8, 4) is 0 Å². The Balaban J connectivity index is 2.26. The Labute approximate surface area is 111 Å². The summed E-state index contributed by atoms with van der Waals surface area (Å²) in [7, 11) is 0.